The largest absolute Gasteiger partial charge is 0.481 e. The van der Waals surface area contributed by atoms with Crippen molar-refractivity contribution in [2.45, 2.75) is 38.3 Å². The first kappa shape index (κ1) is 16.5. The van der Waals surface area contributed by atoms with Crippen LogP contribution in [0.15, 0.2) is 24.3 Å². The number of alkyl halides is 3. The lowest BCUT2D eigenvalue weighted by atomic mass is 9.78. The van der Waals surface area contributed by atoms with Crippen LogP contribution in [0.25, 0.3) is 0 Å². The van der Waals surface area contributed by atoms with Crippen LogP contribution in [0, 0.1) is 11.8 Å². The van der Waals surface area contributed by atoms with Crippen molar-refractivity contribution < 1.29 is 27.9 Å². The number of carbonyl (C=O) groups is 2. The predicted molar refractivity (Wildman–Crippen MR) is 73.5 cm³/mol. The monoisotopic (exact) mass is 314 g/mol. The molecule has 6 heteroatoms. The summed E-state index contributed by atoms with van der Waals surface area (Å²) in [5.41, 5.74) is -0.543. The fraction of sp³-hybridized carbons (Fsp3) is 0.500. The van der Waals surface area contributed by atoms with Crippen molar-refractivity contribution >= 4 is 11.8 Å². The highest BCUT2D eigenvalue weighted by Crippen LogP contribution is 2.33. The first-order chi connectivity index (χ1) is 10.3. The fourth-order valence-corrected chi connectivity index (χ4v) is 2.93. The quantitative estimate of drug-likeness (QED) is 0.849. The third-order valence-corrected chi connectivity index (χ3v) is 4.14. The Bertz CT molecular complexity index is 549. The van der Waals surface area contributed by atoms with Gasteiger partial charge in [-0.2, -0.15) is 13.2 Å². The average molecular weight is 314 g/mol. The normalized spacial score (nSPS) is 22.3. The molecule has 0 saturated heterocycles. The molecule has 2 rings (SSSR count). The molecule has 1 saturated carbocycles. The first-order valence-corrected chi connectivity index (χ1v) is 7.20. The Hall–Kier alpha value is -1.85. The van der Waals surface area contributed by atoms with Gasteiger partial charge in [0, 0.05) is 12.0 Å². The maximum Gasteiger partial charge on any atom is 0.416 e. The van der Waals surface area contributed by atoms with Gasteiger partial charge in [0.05, 0.1) is 11.5 Å². The van der Waals surface area contributed by atoms with E-state index in [0.717, 1.165) is 25.0 Å². The molecule has 2 atom stereocenters. The lowest BCUT2D eigenvalue weighted by Gasteiger charge is -2.26. The van der Waals surface area contributed by atoms with Gasteiger partial charge in [-0.3, -0.25) is 9.59 Å². The molecule has 0 aromatic heterocycles. The molecule has 0 radical (unpaired) electrons. The number of carbonyl (C=O) groups excluding carboxylic acids is 1. The minimum Gasteiger partial charge on any atom is -0.481 e. The average Bonchev–Trinajstić information content (AvgIpc) is 2.46. The van der Waals surface area contributed by atoms with Gasteiger partial charge in [0.2, 0.25) is 0 Å². The Labute approximate surface area is 126 Å². The number of halogens is 3. The Morgan fingerprint density at radius 3 is 2.32 bits per heavy atom. The van der Waals surface area contributed by atoms with Crippen LogP contribution in [0.4, 0.5) is 13.2 Å². The van der Waals surface area contributed by atoms with Gasteiger partial charge in [0.1, 0.15) is 0 Å². The van der Waals surface area contributed by atoms with E-state index in [0.29, 0.717) is 12.8 Å². The molecule has 120 valence electrons. The summed E-state index contributed by atoms with van der Waals surface area (Å²) in [5, 5.41) is 9.02. The van der Waals surface area contributed by atoms with E-state index in [1.54, 1.807) is 0 Å². The second kappa shape index (κ2) is 6.50. The van der Waals surface area contributed by atoms with Crippen molar-refractivity contribution in [2.75, 3.05) is 0 Å². The highest BCUT2D eigenvalue weighted by atomic mass is 19.4. The molecule has 0 bridgehead atoms. The number of Topliss-reactive ketones (excluding diaryl/α,β-unsaturated/α-hetero) is 1. The van der Waals surface area contributed by atoms with Crippen molar-refractivity contribution in [1.29, 1.82) is 0 Å². The molecule has 1 aromatic carbocycles. The molecular formula is C16H17F3O3. The molecule has 1 aromatic rings. The smallest absolute Gasteiger partial charge is 0.416 e. The zero-order valence-corrected chi connectivity index (χ0v) is 11.9. The second-order valence-corrected chi connectivity index (χ2v) is 5.77. The van der Waals surface area contributed by atoms with Gasteiger partial charge in [-0.25, -0.2) is 0 Å². The minimum atomic E-state index is -4.42. The molecule has 0 amide bonds. The fourth-order valence-electron chi connectivity index (χ4n) is 2.93. The van der Waals surface area contributed by atoms with Crippen LogP contribution in [0.3, 0.4) is 0 Å². The van der Waals surface area contributed by atoms with Gasteiger partial charge in [-0.1, -0.05) is 18.6 Å². The summed E-state index contributed by atoms with van der Waals surface area (Å²) in [6, 6.07) is 4.16. The van der Waals surface area contributed by atoms with E-state index >= 15 is 0 Å². The minimum absolute atomic E-state index is 0.00959. The molecule has 3 nitrogen and oxygen atoms in total. The zero-order valence-electron chi connectivity index (χ0n) is 11.9. The topological polar surface area (TPSA) is 54.4 Å². The lowest BCUT2D eigenvalue weighted by molar-refractivity contribution is -0.143. The van der Waals surface area contributed by atoms with Gasteiger partial charge in [-0.15, -0.1) is 0 Å². The molecule has 0 unspecified atom stereocenters. The van der Waals surface area contributed by atoms with Crippen LogP contribution in [-0.4, -0.2) is 16.9 Å². The Kier molecular flexibility index (Phi) is 4.88. The second-order valence-electron chi connectivity index (χ2n) is 5.77. The number of hydrogen-bond acceptors (Lipinski definition) is 2. The van der Waals surface area contributed by atoms with E-state index in [1.807, 2.05) is 0 Å². The van der Waals surface area contributed by atoms with Crippen LogP contribution in [-0.2, 0) is 11.0 Å². The van der Waals surface area contributed by atoms with Crippen LogP contribution in [0.5, 0.6) is 0 Å². The number of hydrogen-bond donors (Lipinski definition) is 1. The summed E-state index contributed by atoms with van der Waals surface area (Å²) in [6.45, 7) is 0. The highest BCUT2D eigenvalue weighted by molar-refractivity contribution is 5.96. The third-order valence-electron chi connectivity index (χ3n) is 4.14. The van der Waals surface area contributed by atoms with E-state index in [9.17, 15) is 22.8 Å². The Balaban J connectivity index is 1.98. The summed E-state index contributed by atoms with van der Waals surface area (Å²) in [6.07, 6.45) is -1.59. The van der Waals surface area contributed by atoms with Crippen LogP contribution in [0.1, 0.15) is 48.0 Å². The van der Waals surface area contributed by atoms with Crippen molar-refractivity contribution in [3.05, 3.63) is 35.4 Å². The molecule has 0 aliphatic heterocycles. The van der Waals surface area contributed by atoms with Crippen LogP contribution >= 0.6 is 0 Å². The summed E-state index contributed by atoms with van der Waals surface area (Å²) >= 11 is 0. The zero-order chi connectivity index (χ0) is 16.3. The Morgan fingerprint density at radius 2 is 1.77 bits per heavy atom. The summed E-state index contributed by atoms with van der Waals surface area (Å²) < 4.78 is 37.4. The molecule has 1 aliphatic rings. The molecule has 1 aliphatic carbocycles. The molecule has 0 spiro atoms. The molecule has 22 heavy (non-hydrogen) atoms. The summed E-state index contributed by atoms with van der Waals surface area (Å²) in [5.74, 6) is -1.50. The Morgan fingerprint density at radius 1 is 1.14 bits per heavy atom. The number of carboxylic acid groups (broad SMARTS) is 1. The number of carboxylic acids is 1. The van der Waals surface area contributed by atoms with Gasteiger partial charge in [0.25, 0.3) is 0 Å². The van der Waals surface area contributed by atoms with Crippen LogP contribution in [0.2, 0.25) is 0 Å². The van der Waals surface area contributed by atoms with Crippen molar-refractivity contribution in [1.82, 2.24) is 0 Å². The number of ketones is 1. The van der Waals surface area contributed by atoms with E-state index < -0.39 is 23.6 Å². The SMILES string of the molecule is O=C(C[C@H]1CCC[C@@H](C(=O)O)C1)c1ccc(C(F)(F)F)cc1. The van der Waals surface area contributed by atoms with E-state index in [1.165, 1.54) is 12.1 Å². The third kappa shape index (κ3) is 4.08. The van der Waals surface area contributed by atoms with Crippen molar-refractivity contribution in [3.63, 3.8) is 0 Å². The highest BCUT2D eigenvalue weighted by Gasteiger charge is 2.31. The summed E-state index contributed by atoms with van der Waals surface area (Å²) in [7, 11) is 0. The lowest BCUT2D eigenvalue weighted by Crippen LogP contribution is -2.24. The molecule has 0 heterocycles. The molecule has 1 N–H and O–H groups in total. The van der Waals surface area contributed by atoms with Gasteiger partial charge in [0.15, 0.2) is 5.78 Å². The van der Waals surface area contributed by atoms with Gasteiger partial charge < -0.3 is 5.11 Å². The van der Waals surface area contributed by atoms with E-state index in [4.69, 9.17) is 5.11 Å². The van der Waals surface area contributed by atoms with Crippen LogP contribution < -0.4 is 0 Å². The maximum atomic E-state index is 12.5. The van der Waals surface area contributed by atoms with E-state index in [2.05, 4.69) is 0 Å². The van der Waals surface area contributed by atoms with Gasteiger partial charge >= 0.3 is 12.1 Å². The standard InChI is InChI=1S/C16H17F3O3/c17-16(18,19)13-6-4-11(5-7-13)14(20)9-10-2-1-3-12(8-10)15(21)22/h4-7,10,12H,1-3,8-9H2,(H,21,22)/t10-,12+/m0/s1. The summed E-state index contributed by atoms with van der Waals surface area (Å²) in [4.78, 5) is 23.1. The molecular weight excluding hydrogens is 297 g/mol. The number of benzene rings is 1. The first-order valence-electron chi connectivity index (χ1n) is 7.20. The maximum absolute atomic E-state index is 12.5. The van der Waals surface area contributed by atoms with Crippen molar-refractivity contribution in [2.24, 2.45) is 11.8 Å². The van der Waals surface area contributed by atoms with Gasteiger partial charge in [-0.05, 0) is 37.3 Å². The predicted octanol–water partition coefficient (Wildman–Crippen LogP) is 4.17. The number of aliphatic carboxylic acids is 1. The van der Waals surface area contributed by atoms with Crippen molar-refractivity contribution in [3.8, 4) is 0 Å². The number of rotatable bonds is 4. The molecule has 1 fully saturated rings. The van der Waals surface area contributed by atoms with E-state index in [-0.39, 0.29) is 23.7 Å².